The molecule has 0 aliphatic carbocycles. The van der Waals surface area contributed by atoms with Crippen molar-refractivity contribution in [1.82, 2.24) is 5.43 Å². The Morgan fingerprint density at radius 1 is 1.29 bits per heavy atom. The Labute approximate surface area is 154 Å². The Balaban J connectivity index is 1.55. The predicted octanol–water partition coefficient (Wildman–Crippen LogP) is 4.64. The van der Waals surface area contributed by atoms with Crippen molar-refractivity contribution < 1.29 is 9.21 Å². The van der Waals surface area contributed by atoms with E-state index in [1.54, 1.807) is 0 Å². The first kappa shape index (κ1) is 17.5. The molecule has 0 bridgehead atoms. The standard InChI is InChI=1S/C17H17ClN2O2S2/c1-17(23-8-9-24-17)10-16(21)20-19-11-14-6-7-15(22-14)12-2-4-13(18)5-3-12/h2-7,11H,8-10H2,1H3,(H,20,21). The minimum atomic E-state index is -0.0832. The zero-order valence-electron chi connectivity index (χ0n) is 13.1. The van der Waals surface area contributed by atoms with Gasteiger partial charge in [-0.3, -0.25) is 4.79 Å². The second-order valence-electron chi connectivity index (χ2n) is 5.51. The molecule has 7 heteroatoms. The number of carbonyl (C=O) groups is 1. The average Bonchev–Trinajstić information content (AvgIpc) is 3.17. The molecule has 1 N–H and O–H groups in total. The largest absolute Gasteiger partial charge is 0.455 e. The zero-order valence-corrected chi connectivity index (χ0v) is 15.5. The van der Waals surface area contributed by atoms with Crippen LogP contribution in [0.2, 0.25) is 5.02 Å². The van der Waals surface area contributed by atoms with Crippen molar-refractivity contribution in [3.05, 3.63) is 47.2 Å². The molecule has 1 fully saturated rings. The minimum Gasteiger partial charge on any atom is -0.455 e. The van der Waals surface area contributed by atoms with Crippen LogP contribution >= 0.6 is 35.1 Å². The lowest BCUT2D eigenvalue weighted by Gasteiger charge is -2.19. The van der Waals surface area contributed by atoms with Crippen molar-refractivity contribution in [2.75, 3.05) is 11.5 Å². The summed E-state index contributed by atoms with van der Waals surface area (Å²) in [5.41, 5.74) is 3.50. The van der Waals surface area contributed by atoms with Crippen molar-refractivity contribution >= 4 is 47.2 Å². The van der Waals surface area contributed by atoms with Crippen molar-refractivity contribution in [2.24, 2.45) is 5.10 Å². The van der Waals surface area contributed by atoms with Crippen LogP contribution in [0.5, 0.6) is 0 Å². The van der Waals surface area contributed by atoms with Crippen LogP contribution in [0.1, 0.15) is 19.1 Å². The third-order valence-electron chi connectivity index (χ3n) is 3.52. The number of amides is 1. The third-order valence-corrected chi connectivity index (χ3v) is 7.06. The van der Waals surface area contributed by atoms with Gasteiger partial charge in [-0.25, -0.2) is 5.43 Å². The molecule has 4 nitrogen and oxygen atoms in total. The van der Waals surface area contributed by atoms with Gasteiger partial charge in [0, 0.05) is 22.1 Å². The fourth-order valence-corrected chi connectivity index (χ4v) is 5.31. The summed E-state index contributed by atoms with van der Waals surface area (Å²) >= 11 is 9.53. The molecule has 1 aromatic carbocycles. The fraction of sp³-hybridized carbons (Fsp3) is 0.294. The topological polar surface area (TPSA) is 54.6 Å². The number of benzene rings is 1. The highest BCUT2D eigenvalue weighted by Gasteiger charge is 2.32. The van der Waals surface area contributed by atoms with Crippen LogP contribution in [-0.2, 0) is 4.79 Å². The van der Waals surface area contributed by atoms with Gasteiger partial charge in [0.05, 0.1) is 16.7 Å². The second kappa shape index (κ2) is 7.68. The number of carbonyl (C=O) groups excluding carboxylic acids is 1. The number of rotatable bonds is 5. The second-order valence-corrected chi connectivity index (χ2v) is 9.40. The van der Waals surface area contributed by atoms with E-state index in [1.165, 1.54) is 6.21 Å². The summed E-state index contributed by atoms with van der Waals surface area (Å²) in [6.45, 7) is 2.10. The van der Waals surface area contributed by atoms with Crippen LogP contribution in [-0.4, -0.2) is 27.7 Å². The van der Waals surface area contributed by atoms with E-state index in [2.05, 4.69) is 17.5 Å². The number of hydrogen-bond donors (Lipinski definition) is 1. The molecule has 1 amide bonds. The molecule has 2 aromatic rings. The van der Waals surface area contributed by atoms with E-state index in [0.717, 1.165) is 22.8 Å². The van der Waals surface area contributed by atoms with Gasteiger partial charge in [0.25, 0.3) is 0 Å². The number of hydrogen-bond acceptors (Lipinski definition) is 5. The summed E-state index contributed by atoms with van der Waals surface area (Å²) in [5.74, 6) is 3.41. The minimum absolute atomic E-state index is 0.0357. The van der Waals surface area contributed by atoms with Gasteiger partial charge in [0.2, 0.25) is 5.91 Å². The zero-order chi connectivity index (χ0) is 17.0. The molecule has 0 atom stereocenters. The first-order valence-electron chi connectivity index (χ1n) is 7.50. The highest BCUT2D eigenvalue weighted by atomic mass is 35.5. The van der Waals surface area contributed by atoms with Gasteiger partial charge in [-0.1, -0.05) is 11.6 Å². The van der Waals surface area contributed by atoms with Gasteiger partial charge in [0.1, 0.15) is 11.5 Å². The van der Waals surface area contributed by atoms with Crippen molar-refractivity contribution in [3.8, 4) is 11.3 Å². The number of thioether (sulfide) groups is 2. The summed E-state index contributed by atoms with van der Waals surface area (Å²) < 4.78 is 5.66. The predicted molar refractivity (Wildman–Crippen MR) is 103 cm³/mol. The molecule has 0 saturated carbocycles. The maximum Gasteiger partial charge on any atom is 0.242 e. The van der Waals surface area contributed by atoms with Crippen molar-refractivity contribution in [3.63, 3.8) is 0 Å². The first-order valence-corrected chi connectivity index (χ1v) is 9.85. The summed E-state index contributed by atoms with van der Waals surface area (Å²) in [5, 5.41) is 4.66. The Hall–Kier alpha value is -1.37. The molecule has 1 saturated heterocycles. The molecule has 0 radical (unpaired) electrons. The summed E-state index contributed by atoms with van der Waals surface area (Å²) in [6.07, 6.45) is 1.96. The molecule has 1 aromatic heterocycles. The van der Waals surface area contributed by atoms with Crippen LogP contribution in [0, 0.1) is 0 Å². The molecule has 2 heterocycles. The van der Waals surface area contributed by atoms with Gasteiger partial charge in [-0.15, -0.1) is 23.5 Å². The first-order chi connectivity index (χ1) is 11.5. The highest BCUT2D eigenvalue weighted by Crippen LogP contribution is 2.45. The average molecular weight is 381 g/mol. The summed E-state index contributed by atoms with van der Waals surface area (Å²) in [6, 6.07) is 11.1. The van der Waals surface area contributed by atoms with Gasteiger partial charge in [-0.05, 0) is 43.3 Å². The van der Waals surface area contributed by atoms with Crippen LogP contribution in [0.15, 0.2) is 45.9 Å². The van der Waals surface area contributed by atoms with E-state index in [0.29, 0.717) is 17.2 Å². The molecule has 3 rings (SSSR count). The lowest BCUT2D eigenvalue weighted by molar-refractivity contribution is -0.121. The van der Waals surface area contributed by atoms with E-state index in [9.17, 15) is 4.79 Å². The molecule has 126 valence electrons. The van der Waals surface area contributed by atoms with Crippen LogP contribution in [0.25, 0.3) is 11.3 Å². The molecule has 1 aliphatic rings. The fourth-order valence-electron chi connectivity index (χ4n) is 2.35. The van der Waals surface area contributed by atoms with E-state index in [1.807, 2.05) is 59.9 Å². The molecule has 24 heavy (non-hydrogen) atoms. The van der Waals surface area contributed by atoms with Crippen LogP contribution in [0.3, 0.4) is 0 Å². The Morgan fingerprint density at radius 3 is 2.71 bits per heavy atom. The van der Waals surface area contributed by atoms with Gasteiger partial charge >= 0.3 is 0 Å². The Kier molecular flexibility index (Phi) is 5.58. The molecule has 0 unspecified atom stereocenters. The van der Waals surface area contributed by atoms with E-state index < -0.39 is 0 Å². The smallest absolute Gasteiger partial charge is 0.242 e. The molecule has 1 aliphatic heterocycles. The Morgan fingerprint density at radius 2 is 2.00 bits per heavy atom. The SMILES string of the molecule is CC1(CC(=O)NN=Cc2ccc(-c3ccc(Cl)cc3)o2)SCCS1. The number of furan rings is 1. The van der Waals surface area contributed by atoms with Crippen LogP contribution < -0.4 is 5.43 Å². The highest BCUT2D eigenvalue weighted by molar-refractivity contribution is 8.21. The maximum atomic E-state index is 12.0. The van der Waals surface area contributed by atoms with Gasteiger partial charge < -0.3 is 4.42 Å². The lowest BCUT2D eigenvalue weighted by Crippen LogP contribution is -2.26. The number of nitrogens with one attached hydrogen (secondary N) is 1. The van der Waals surface area contributed by atoms with E-state index in [4.69, 9.17) is 16.0 Å². The van der Waals surface area contributed by atoms with Gasteiger partial charge in [0.15, 0.2) is 0 Å². The Bertz CT molecular complexity index is 737. The van der Waals surface area contributed by atoms with Crippen molar-refractivity contribution in [1.29, 1.82) is 0 Å². The lowest BCUT2D eigenvalue weighted by atomic mass is 10.2. The maximum absolute atomic E-state index is 12.0. The third kappa shape index (κ3) is 4.59. The van der Waals surface area contributed by atoms with Crippen molar-refractivity contribution in [2.45, 2.75) is 17.4 Å². The molecular formula is C17H17ClN2O2S2. The summed E-state index contributed by atoms with van der Waals surface area (Å²) in [7, 11) is 0. The van der Waals surface area contributed by atoms with E-state index >= 15 is 0 Å². The number of halogens is 1. The monoisotopic (exact) mass is 380 g/mol. The van der Waals surface area contributed by atoms with Crippen LogP contribution in [0.4, 0.5) is 0 Å². The van der Waals surface area contributed by atoms with Gasteiger partial charge in [-0.2, -0.15) is 5.10 Å². The normalized spacial score (nSPS) is 16.6. The quantitative estimate of drug-likeness (QED) is 0.606. The summed E-state index contributed by atoms with van der Waals surface area (Å²) in [4.78, 5) is 12.0. The number of nitrogens with zero attached hydrogens (tertiary/aromatic N) is 1. The number of hydrazone groups is 1. The molecule has 0 spiro atoms. The molecular weight excluding hydrogens is 364 g/mol. The van der Waals surface area contributed by atoms with E-state index in [-0.39, 0.29) is 9.99 Å².